The number of unbranched alkanes of at least 4 members (excludes halogenated alkanes) is 2. The Labute approximate surface area is 110 Å². The average Bonchev–Trinajstić information content (AvgIpc) is 2.33. The third-order valence-electron chi connectivity index (χ3n) is 2.75. The van der Waals surface area contributed by atoms with Crippen LogP contribution in [0.2, 0.25) is 0 Å². The van der Waals surface area contributed by atoms with Crippen molar-refractivity contribution in [3.05, 3.63) is 41.5 Å². The lowest BCUT2D eigenvalue weighted by Gasteiger charge is -2.10. The molecule has 0 aliphatic heterocycles. The van der Waals surface area contributed by atoms with Crippen LogP contribution >= 0.6 is 0 Å². The van der Waals surface area contributed by atoms with Crippen LogP contribution in [-0.4, -0.2) is 17.2 Å². The second-order valence-electron chi connectivity index (χ2n) is 4.25. The highest BCUT2D eigenvalue weighted by Crippen LogP contribution is 2.30. The van der Waals surface area contributed by atoms with E-state index in [-0.39, 0.29) is 5.47 Å². The van der Waals surface area contributed by atoms with Gasteiger partial charge in [0, 0.05) is 0 Å². The number of hydrogen-bond donors (Lipinski definition) is 2. The first kappa shape index (κ1) is 15.8. The standard InChI is InChI=1S/C13H16BF3O2/c1-2-3-4-5-12(14(18)19)10-6-8-11(9-7-10)13(15,16)17/h5-9,18-19H,2-4H2,1H3/b12-5+. The molecule has 0 aliphatic rings. The number of benzene rings is 1. The second-order valence-corrected chi connectivity index (χ2v) is 4.25. The highest BCUT2D eigenvalue weighted by Gasteiger charge is 2.30. The molecule has 104 valence electrons. The molecule has 0 amide bonds. The summed E-state index contributed by atoms with van der Waals surface area (Å²) in [5.74, 6) is 0. The second kappa shape index (κ2) is 6.77. The molecule has 1 rings (SSSR count). The summed E-state index contributed by atoms with van der Waals surface area (Å²) >= 11 is 0. The van der Waals surface area contributed by atoms with Crippen LogP contribution < -0.4 is 0 Å². The summed E-state index contributed by atoms with van der Waals surface area (Å²) in [7, 11) is -1.69. The van der Waals surface area contributed by atoms with Gasteiger partial charge in [-0.3, -0.25) is 0 Å². The van der Waals surface area contributed by atoms with E-state index in [1.54, 1.807) is 6.08 Å². The van der Waals surface area contributed by atoms with Crippen molar-refractivity contribution in [2.45, 2.75) is 32.4 Å². The molecule has 2 N–H and O–H groups in total. The van der Waals surface area contributed by atoms with Gasteiger partial charge in [-0.15, -0.1) is 0 Å². The number of allylic oxidation sites excluding steroid dienone is 1. The first-order chi connectivity index (χ1) is 8.86. The van der Waals surface area contributed by atoms with Crippen molar-refractivity contribution in [1.82, 2.24) is 0 Å². The molecular weight excluding hydrogens is 256 g/mol. The fraction of sp³-hybridized carbons (Fsp3) is 0.385. The Morgan fingerprint density at radius 1 is 1.21 bits per heavy atom. The van der Waals surface area contributed by atoms with Crippen molar-refractivity contribution in [3.8, 4) is 0 Å². The van der Waals surface area contributed by atoms with Crippen molar-refractivity contribution < 1.29 is 23.2 Å². The predicted octanol–water partition coefficient (Wildman–Crippen LogP) is 3.29. The summed E-state index contributed by atoms with van der Waals surface area (Å²) in [6, 6.07) is 4.37. The summed E-state index contributed by atoms with van der Waals surface area (Å²) in [4.78, 5) is 0. The number of alkyl halides is 3. The number of rotatable bonds is 5. The lowest BCUT2D eigenvalue weighted by atomic mass is 9.74. The Hall–Kier alpha value is -1.27. The van der Waals surface area contributed by atoms with Gasteiger partial charge in [0.15, 0.2) is 0 Å². The molecule has 0 saturated carbocycles. The molecule has 0 fully saturated rings. The third-order valence-corrected chi connectivity index (χ3v) is 2.75. The van der Waals surface area contributed by atoms with Gasteiger partial charge in [-0.1, -0.05) is 38.0 Å². The van der Waals surface area contributed by atoms with Crippen molar-refractivity contribution in [2.24, 2.45) is 0 Å². The van der Waals surface area contributed by atoms with Crippen molar-refractivity contribution in [1.29, 1.82) is 0 Å². The molecule has 0 aliphatic carbocycles. The van der Waals surface area contributed by atoms with Crippen LogP contribution in [0.25, 0.3) is 5.47 Å². The van der Waals surface area contributed by atoms with Gasteiger partial charge in [0.05, 0.1) is 5.56 Å². The van der Waals surface area contributed by atoms with E-state index in [0.717, 1.165) is 25.0 Å². The van der Waals surface area contributed by atoms with Crippen LogP contribution in [0.3, 0.4) is 0 Å². The normalized spacial score (nSPS) is 12.6. The highest BCUT2D eigenvalue weighted by molar-refractivity contribution is 6.65. The van der Waals surface area contributed by atoms with E-state index in [2.05, 4.69) is 0 Å². The minimum atomic E-state index is -4.39. The fourth-order valence-electron chi connectivity index (χ4n) is 1.69. The van der Waals surface area contributed by atoms with Crippen LogP contribution in [0.1, 0.15) is 37.3 Å². The summed E-state index contributed by atoms with van der Waals surface area (Å²) < 4.78 is 37.2. The molecule has 0 aromatic heterocycles. The summed E-state index contributed by atoms with van der Waals surface area (Å²) in [5.41, 5.74) is -0.127. The Kier molecular flexibility index (Phi) is 5.63. The molecule has 0 spiro atoms. The summed E-state index contributed by atoms with van der Waals surface area (Å²) in [6.45, 7) is 2.00. The number of hydrogen-bond acceptors (Lipinski definition) is 2. The van der Waals surface area contributed by atoms with Gasteiger partial charge < -0.3 is 10.0 Å². The van der Waals surface area contributed by atoms with Crippen molar-refractivity contribution in [2.75, 3.05) is 0 Å². The minimum absolute atomic E-state index is 0.238. The molecule has 19 heavy (non-hydrogen) atoms. The SMILES string of the molecule is CCCC/C=C(/B(O)O)c1ccc(C(F)(F)F)cc1. The maximum absolute atomic E-state index is 12.4. The first-order valence-electron chi connectivity index (χ1n) is 6.10. The Morgan fingerprint density at radius 3 is 2.21 bits per heavy atom. The van der Waals surface area contributed by atoms with Gasteiger partial charge in [-0.05, 0) is 29.6 Å². The van der Waals surface area contributed by atoms with Crippen LogP contribution in [0.15, 0.2) is 30.3 Å². The van der Waals surface area contributed by atoms with E-state index in [4.69, 9.17) is 0 Å². The van der Waals surface area contributed by atoms with Gasteiger partial charge in [-0.25, -0.2) is 0 Å². The average molecular weight is 272 g/mol. The predicted molar refractivity (Wildman–Crippen MR) is 69.1 cm³/mol. The minimum Gasteiger partial charge on any atom is -0.423 e. The zero-order valence-electron chi connectivity index (χ0n) is 10.6. The van der Waals surface area contributed by atoms with E-state index in [9.17, 15) is 23.2 Å². The van der Waals surface area contributed by atoms with Gasteiger partial charge in [-0.2, -0.15) is 13.2 Å². The lowest BCUT2D eigenvalue weighted by Crippen LogP contribution is -2.14. The van der Waals surface area contributed by atoms with E-state index in [1.807, 2.05) is 6.92 Å². The van der Waals surface area contributed by atoms with E-state index >= 15 is 0 Å². The van der Waals surface area contributed by atoms with E-state index in [1.165, 1.54) is 12.1 Å². The maximum atomic E-state index is 12.4. The first-order valence-corrected chi connectivity index (χ1v) is 6.10. The van der Waals surface area contributed by atoms with E-state index < -0.39 is 18.9 Å². The lowest BCUT2D eigenvalue weighted by molar-refractivity contribution is -0.137. The molecule has 0 radical (unpaired) electrons. The van der Waals surface area contributed by atoms with Gasteiger partial charge >= 0.3 is 13.3 Å². The van der Waals surface area contributed by atoms with Crippen LogP contribution in [0.5, 0.6) is 0 Å². The number of halogens is 3. The Bertz CT molecular complexity index is 425. The molecule has 0 unspecified atom stereocenters. The van der Waals surface area contributed by atoms with Crippen LogP contribution in [0.4, 0.5) is 13.2 Å². The largest absolute Gasteiger partial charge is 0.488 e. The topological polar surface area (TPSA) is 40.5 Å². The van der Waals surface area contributed by atoms with Crippen LogP contribution in [0, 0.1) is 0 Å². The third kappa shape index (κ3) is 4.72. The smallest absolute Gasteiger partial charge is 0.423 e. The van der Waals surface area contributed by atoms with Gasteiger partial charge in [0.2, 0.25) is 0 Å². The molecule has 2 nitrogen and oxygen atoms in total. The Balaban J connectivity index is 2.95. The molecule has 1 aromatic rings. The zero-order chi connectivity index (χ0) is 14.5. The van der Waals surface area contributed by atoms with E-state index in [0.29, 0.717) is 12.0 Å². The maximum Gasteiger partial charge on any atom is 0.488 e. The summed E-state index contributed by atoms with van der Waals surface area (Å²) in [6.07, 6.45) is -0.237. The molecule has 0 heterocycles. The fourth-order valence-corrected chi connectivity index (χ4v) is 1.69. The van der Waals surface area contributed by atoms with Gasteiger partial charge in [0.1, 0.15) is 0 Å². The molecule has 1 aromatic carbocycles. The molecule has 6 heteroatoms. The molecular formula is C13H16BF3O2. The summed E-state index contributed by atoms with van der Waals surface area (Å²) in [5, 5.41) is 18.5. The Morgan fingerprint density at radius 2 is 1.79 bits per heavy atom. The molecule has 0 bridgehead atoms. The van der Waals surface area contributed by atoms with Crippen LogP contribution in [-0.2, 0) is 6.18 Å². The highest BCUT2D eigenvalue weighted by atomic mass is 19.4. The monoisotopic (exact) mass is 272 g/mol. The van der Waals surface area contributed by atoms with Crippen molar-refractivity contribution >= 4 is 12.6 Å². The molecule has 0 saturated heterocycles. The zero-order valence-corrected chi connectivity index (χ0v) is 10.6. The van der Waals surface area contributed by atoms with Crippen molar-refractivity contribution in [3.63, 3.8) is 0 Å². The molecule has 0 atom stereocenters. The quantitative estimate of drug-likeness (QED) is 0.637. The van der Waals surface area contributed by atoms with Gasteiger partial charge in [0.25, 0.3) is 0 Å².